The number of tetrazole rings is 1. The number of hydrogen-bond donors (Lipinski definition) is 2. The van der Waals surface area contributed by atoms with Crippen molar-refractivity contribution < 1.29 is 13.2 Å². The van der Waals surface area contributed by atoms with Crippen LogP contribution in [0.3, 0.4) is 0 Å². The van der Waals surface area contributed by atoms with Gasteiger partial charge < -0.3 is 5.32 Å². The number of carbonyl (C=O) groups is 1. The molecule has 4 rings (SSSR count). The number of halogens is 1. The summed E-state index contributed by atoms with van der Waals surface area (Å²) in [6.07, 6.45) is 2.03. The van der Waals surface area contributed by atoms with Crippen molar-refractivity contribution in [2.45, 2.75) is 36.7 Å². The van der Waals surface area contributed by atoms with Crippen LogP contribution in [-0.2, 0) is 21.4 Å². The van der Waals surface area contributed by atoms with E-state index in [2.05, 4.69) is 25.9 Å². The standard InChI is InChI=1S/C20H21ClN6O3S/c21-16-8-10-17(11-9-16)31(29,30)27(18-3-1-2-12-22-20(18)28)13-14-4-6-15(7-5-14)19-23-25-26-24-19/h4-11,18H,1-3,12-13H2,(H,22,28)(H,23,24,25,26)/t18-/m1/s1. The molecule has 1 saturated heterocycles. The molecule has 1 amide bonds. The number of benzene rings is 2. The molecule has 0 spiro atoms. The van der Waals surface area contributed by atoms with E-state index in [1.54, 1.807) is 24.3 Å². The zero-order valence-corrected chi connectivity index (χ0v) is 18.1. The first-order valence-corrected chi connectivity index (χ1v) is 11.6. The van der Waals surface area contributed by atoms with Gasteiger partial charge in [0, 0.05) is 23.7 Å². The van der Waals surface area contributed by atoms with Crippen molar-refractivity contribution in [2.75, 3.05) is 6.54 Å². The van der Waals surface area contributed by atoms with Gasteiger partial charge in [0.25, 0.3) is 0 Å². The molecule has 2 aromatic carbocycles. The van der Waals surface area contributed by atoms with E-state index < -0.39 is 16.1 Å². The highest BCUT2D eigenvalue weighted by molar-refractivity contribution is 7.89. The van der Waals surface area contributed by atoms with Crippen LogP contribution in [0.15, 0.2) is 53.4 Å². The monoisotopic (exact) mass is 460 g/mol. The SMILES string of the molecule is O=C1NCCCC[C@H]1N(Cc1ccc(-c2nn[nH]n2)cc1)S(=O)(=O)c1ccc(Cl)cc1. The van der Waals surface area contributed by atoms with Gasteiger partial charge in [0.2, 0.25) is 21.8 Å². The van der Waals surface area contributed by atoms with Crippen LogP contribution >= 0.6 is 11.6 Å². The Kier molecular flexibility index (Phi) is 6.30. The fourth-order valence-corrected chi connectivity index (χ4v) is 5.26. The Balaban J connectivity index is 1.68. The molecule has 1 atom stereocenters. The van der Waals surface area contributed by atoms with E-state index in [9.17, 15) is 13.2 Å². The van der Waals surface area contributed by atoms with Gasteiger partial charge in [0.15, 0.2) is 0 Å². The molecular formula is C20H21ClN6O3S. The number of amides is 1. The van der Waals surface area contributed by atoms with E-state index in [-0.39, 0.29) is 17.3 Å². The average molecular weight is 461 g/mol. The van der Waals surface area contributed by atoms with Gasteiger partial charge in [0.1, 0.15) is 6.04 Å². The summed E-state index contributed by atoms with van der Waals surface area (Å²) < 4.78 is 28.3. The van der Waals surface area contributed by atoms with Crippen LogP contribution in [0.5, 0.6) is 0 Å². The minimum Gasteiger partial charge on any atom is -0.355 e. The molecule has 0 saturated carbocycles. The summed E-state index contributed by atoms with van der Waals surface area (Å²) in [4.78, 5) is 12.8. The topological polar surface area (TPSA) is 121 Å². The number of H-pyrrole nitrogens is 1. The normalized spacial score (nSPS) is 17.4. The minimum absolute atomic E-state index is 0.0512. The van der Waals surface area contributed by atoms with Crippen molar-refractivity contribution >= 4 is 27.5 Å². The van der Waals surface area contributed by atoms with Crippen LogP contribution in [0, 0.1) is 0 Å². The highest BCUT2D eigenvalue weighted by Gasteiger charge is 2.36. The number of nitrogens with zero attached hydrogens (tertiary/aromatic N) is 4. The number of rotatable bonds is 6. The third-order valence-electron chi connectivity index (χ3n) is 5.17. The number of nitrogens with one attached hydrogen (secondary N) is 2. The molecule has 1 fully saturated rings. The smallest absolute Gasteiger partial charge is 0.244 e. The second-order valence-corrected chi connectivity index (χ2v) is 9.57. The molecule has 9 nitrogen and oxygen atoms in total. The van der Waals surface area contributed by atoms with Crippen LogP contribution in [0.25, 0.3) is 11.4 Å². The summed E-state index contributed by atoms with van der Waals surface area (Å²) in [6, 6.07) is 12.4. The quantitative estimate of drug-likeness (QED) is 0.582. The highest BCUT2D eigenvalue weighted by Crippen LogP contribution is 2.26. The summed E-state index contributed by atoms with van der Waals surface area (Å²) in [7, 11) is -3.94. The third-order valence-corrected chi connectivity index (χ3v) is 7.29. The maximum atomic E-state index is 13.5. The number of aromatic amines is 1. The first-order chi connectivity index (χ1) is 14.9. The summed E-state index contributed by atoms with van der Waals surface area (Å²) in [5.74, 6) is 0.166. The Morgan fingerprint density at radius 2 is 1.81 bits per heavy atom. The predicted octanol–water partition coefficient (Wildman–Crippen LogP) is 2.38. The van der Waals surface area contributed by atoms with E-state index in [4.69, 9.17) is 11.6 Å². The summed E-state index contributed by atoms with van der Waals surface area (Å²) in [5.41, 5.74) is 1.48. The maximum absolute atomic E-state index is 13.5. The predicted molar refractivity (Wildman–Crippen MR) is 114 cm³/mol. The maximum Gasteiger partial charge on any atom is 0.244 e. The van der Waals surface area contributed by atoms with E-state index >= 15 is 0 Å². The molecule has 0 radical (unpaired) electrons. The molecule has 0 aliphatic carbocycles. The van der Waals surface area contributed by atoms with E-state index in [1.807, 2.05) is 0 Å². The molecule has 31 heavy (non-hydrogen) atoms. The van der Waals surface area contributed by atoms with Crippen molar-refractivity contribution in [3.63, 3.8) is 0 Å². The molecule has 0 bridgehead atoms. The second-order valence-electron chi connectivity index (χ2n) is 7.24. The van der Waals surface area contributed by atoms with E-state index in [0.717, 1.165) is 24.0 Å². The molecule has 1 aliphatic rings. The van der Waals surface area contributed by atoms with Gasteiger partial charge in [-0.1, -0.05) is 35.9 Å². The third kappa shape index (κ3) is 4.76. The van der Waals surface area contributed by atoms with Crippen molar-refractivity contribution in [1.29, 1.82) is 0 Å². The Morgan fingerprint density at radius 1 is 1.06 bits per heavy atom. The van der Waals surface area contributed by atoms with Crippen LogP contribution in [-0.4, -0.2) is 51.8 Å². The fourth-order valence-electron chi connectivity index (χ4n) is 3.53. The zero-order chi connectivity index (χ0) is 21.8. The van der Waals surface area contributed by atoms with Crippen molar-refractivity contribution in [3.05, 3.63) is 59.1 Å². The fraction of sp³-hybridized carbons (Fsp3) is 0.300. The van der Waals surface area contributed by atoms with Gasteiger partial charge in [-0.05, 0) is 54.3 Å². The lowest BCUT2D eigenvalue weighted by molar-refractivity contribution is -0.124. The lowest BCUT2D eigenvalue weighted by Gasteiger charge is -2.29. The summed E-state index contributed by atoms with van der Waals surface area (Å²) in [6.45, 7) is 0.596. The average Bonchev–Trinajstić information content (AvgIpc) is 3.22. The Hall–Kier alpha value is -2.82. The van der Waals surface area contributed by atoms with Gasteiger partial charge in [-0.25, -0.2) is 8.42 Å². The minimum atomic E-state index is -3.94. The van der Waals surface area contributed by atoms with E-state index in [1.165, 1.54) is 28.6 Å². The van der Waals surface area contributed by atoms with Crippen molar-refractivity contribution in [3.8, 4) is 11.4 Å². The van der Waals surface area contributed by atoms with Gasteiger partial charge in [-0.2, -0.15) is 9.52 Å². The lowest BCUT2D eigenvalue weighted by Crippen LogP contribution is -2.48. The first-order valence-electron chi connectivity index (χ1n) is 9.83. The highest BCUT2D eigenvalue weighted by atomic mass is 35.5. The van der Waals surface area contributed by atoms with Gasteiger partial charge in [0.05, 0.1) is 4.90 Å². The lowest BCUT2D eigenvalue weighted by atomic mass is 10.1. The molecule has 1 aliphatic heterocycles. The Bertz CT molecular complexity index is 1130. The molecule has 1 aromatic heterocycles. The number of sulfonamides is 1. The molecular weight excluding hydrogens is 440 g/mol. The first kappa shape index (κ1) is 21.4. The van der Waals surface area contributed by atoms with Crippen molar-refractivity contribution in [1.82, 2.24) is 30.2 Å². The number of aromatic nitrogens is 4. The van der Waals surface area contributed by atoms with E-state index in [0.29, 0.717) is 23.8 Å². The van der Waals surface area contributed by atoms with Crippen molar-refractivity contribution in [2.24, 2.45) is 0 Å². The molecule has 11 heteroatoms. The van der Waals surface area contributed by atoms with Gasteiger partial charge in [-0.3, -0.25) is 4.79 Å². The molecule has 0 unspecified atom stereocenters. The second kappa shape index (κ2) is 9.13. The zero-order valence-electron chi connectivity index (χ0n) is 16.5. The number of carbonyl (C=O) groups excluding carboxylic acids is 1. The molecule has 162 valence electrons. The number of hydrogen-bond acceptors (Lipinski definition) is 6. The Morgan fingerprint density at radius 3 is 2.48 bits per heavy atom. The van der Waals surface area contributed by atoms with Crippen LogP contribution in [0.4, 0.5) is 0 Å². The molecule has 3 aromatic rings. The van der Waals surface area contributed by atoms with Crippen LogP contribution < -0.4 is 5.32 Å². The van der Waals surface area contributed by atoms with Gasteiger partial charge in [-0.15, -0.1) is 10.2 Å². The Labute approximate surface area is 184 Å². The largest absolute Gasteiger partial charge is 0.355 e. The van der Waals surface area contributed by atoms with Gasteiger partial charge >= 0.3 is 0 Å². The molecule has 2 heterocycles. The molecule has 2 N–H and O–H groups in total. The van der Waals surface area contributed by atoms with Crippen LogP contribution in [0.2, 0.25) is 5.02 Å². The summed E-state index contributed by atoms with van der Waals surface area (Å²) >= 11 is 5.93. The summed E-state index contributed by atoms with van der Waals surface area (Å²) in [5, 5.41) is 17.1. The van der Waals surface area contributed by atoms with Crippen LogP contribution in [0.1, 0.15) is 24.8 Å².